The van der Waals surface area contributed by atoms with Gasteiger partial charge in [-0.1, -0.05) is 28.1 Å². The second-order valence-corrected chi connectivity index (χ2v) is 10.5. The minimum Gasteiger partial charge on any atom is -0.469 e. The molecule has 0 radical (unpaired) electrons. The van der Waals surface area contributed by atoms with Gasteiger partial charge in [-0.2, -0.15) is 0 Å². The van der Waals surface area contributed by atoms with E-state index in [4.69, 9.17) is 9.72 Å². The van der Waals surface area contributed by atoms with Crippen LogP contribution in [0.2, 0.25) is 0 Å². The van der Waals surface area contributed by atoms with Crippen molar-refractivity contribution in [3.8, 4) is 11.3 Å². The average Bonchev–Trinajstić information content (AvgIpc) is 2.84. The van der Waals surface area contributed by atoms with Crippen LogP contribution in [0.25, 0.3) is 22.2 Å². The molecular formula is C27H26BrFN2O3. The van der Waals surface area contributed by atoms with E-state index in [1.54, 1.807) is 18.2 Å². The fourth-order valence-corrected chi connectivity index (χ4v) is 6.10. The monoisotopic (exact) mass is 524 g/mol. The van der Waals surface area contributed by atoms with E-state index in [1.165, 1.54) is 13.2 Å². The van der Waals surface area contributed by atoms with Crippen LogP contribution in [0.5, 0.6) is 0 Å². The zero-order valence-corrected chi connectivity index (χ0v) is 20.8. The van der Waals surface area contributed by atoms with Crippen LogP contribution < -0.4 is 5.32 Å². The fraction of sp³-hybridized carbons (Fsp3) is 0.370. The molecule has 0 atom stereocenters. The molecule has 5 nitrogen and oxygen atoms in total. The topological polar surface area (TPSA) is 68.3 Å². The van der Waals surface area contributed by atoms with Crippen molar-refractivity contribution in [2.24, 2.45) is 5.41 Å². The fourth-order valence-electron chi connectivity index (χ4n) is 5.74. The van der Waals surface area contributed by atoms with E-state index < -0.39 is 5.41 Å². The number of halogens is 2. The predicted molar refractivity (Wildman–Crippen MR) is 132 cm³/mol. The van der Waals surface area contributed by atoms with Crippen molar-refractivity contribution < 1.29 is 18.7 Å². The lowest BCUT2D eigenvalue weighted by Gasteiger charge is -2.52. The maximum absolute atomic E-state index is 14.7. The van der Waals surface area contributed by atoms with E-state index >= 15 is 0 Å². The lowest BCUT2D eigenvalue weighted by molar-refractivity contribution is -0.160. The molecular weight excluding hydrogens is 499 g/mol. The second-order valence-electron chi connectivity index (χ2n) is 9.61. The number of nitrogens with one attached hydrogen (secondary N) is 1. The number of carbonyl (C=O) groups is 2. The van der Waals surface area contributed by atoms with Gasteiger partial charge >= 0.3 is 5.97 Å². The lowest BCUT2D eigenvalue weighted by Crippen LogP contribution is -2.58. The standard InChI is InChI=1S/C27H26BrFN2O3/c1-16-22(24(32)31-27-12-9-26(10-13-27,11-14-27)25(33)34-2)19-15-17(28)7-8-21(19)30-23(16)18-5-3-4-6-20(18)29/h3-8,15H,9-14H2,1-2H3,(H,31,32). The molecule has 3 fully saturated rings. The van der Waals surface area contributed by atoms with Gasteiger partial charge in [0.25, 0.3) is 5.91 Å². The van der Waals surface area contributed by atoms with Gasteiger partial charge in [0.2, 0.25) is 0 Å². The Kier molecular flexibility index (Phi) is 5.71. The number of aromatic nitrogens is 1. The Morgan fingerprint density at radius 1 is 1.06 bits per heavy atom. The average molecular weight is 525 g/mol. The summed E-state index contributed by atoms with van der Waals surface area (Å²) in [6, 6.07) is 12.1. The van der Waals surface area contributed by atoms with Gasteiger partial charge in [-0.15, -0.1) is 0 Å². The molecule has 176 valence electrons. The number of nitrogens with zero attached hydrogens (tertiary/aromatic N) is 1. The van der Waals surface area contributed by atoms with Gasteiger partial charge in [-0.05, 0) is 81.3 Å². The lowest BCUT2D eigenvalue weighted by atomic mass is 9.57. The van der Waals surface area contributed by atoms with Crippen LogP contribution in [-0.2, 0) is 9.53 Å². The maximum atomic E-state index is 14.7. The normalized spacial score (nSPS) is 23.6. The van der Waals surface area contributed by atoms with Gasteiger partial charge in [0.15, 0.2) is 0 Å². The molecule has 6 rings (SSSR count). The summed E-state index contributed by atoms with van der Waals surface area (Å²) < 4.78 is 20.6. The van der Waals surface area contributed by atoms with Crippen molar-refractivity contribution in [1.29, 1.82) is 0 Å². The molecule has 0 aliphatic heterocycles. The molecule has 3 aliphatic rings. The third-order valence-corrected chi connectivity index (χ3v) is 8.28. The molecule has 3 saturated carbocycles. The van der Waals surface area contributed by atoms with Crippen molar-refractivity contribution in [2.75, 3.05) is 7.11 Å². The summed E-state index contributed by atoms with van der Waals surface area (Å²) in [6.45, 7) is 1.83. The highest BCUT2D eigenvalue weighted by atomic mass is 79.9. The third-order valence-electron chi connectivity index (χ3n) is 7.79. The number of carbonyl (C=O) groups excluding carboxylic acids is 2. The Hall–Kier alpha value is -2.80. The van der Waals surface area contributed by atoms with E-state index in [0.717, 1.165) is 29.1 Å². The minimum absolute atomic E-state index is 0.137. The Balaban J connectivity index is 1.55. The molecule has 1 aromatic heterocycles. The predicted octanol–water partition coefficient (Wildman–Crippen LogP) is 6.11. The summed E-state index contributed by atoms with van der Waals surface area (Å²) in [5.41, 5.74) is 1.85. The van der Waals surface area contributed by atoms with Crippen LogP contribution in [0.15, 0.2) is 46.9 Å². The molecule has 3 aromatic rings. The van der Waals surface area contributed by atoms with Crippen molar-refractivity contribution in [2.45, 2.75) is 51.0 Å². The van der Waals surface area contributed by atoms with Crippen LogP contribution in [-0.4, -0.2) is 29.5 Å². The van der Waals surface area contributed by atoms with Crippen molar-refractivity contribution in [1.82, 2.24) is 10.3 Å². The summed E-state index contributed by atoms with van der Waals surface area (Å²) >= 11 is 3.51. The van der Waals surface area contributed by atoms with Crippen molar-refractivity contribution in [3.05, 3.63) is 63.9 Å². The van der Waals surface area contributed by atoms with Crippen LogP contribution in [0.3, 0.4) is 0 Å². The number of ether oxygens (including phenoxy) is 1. The number of benzene rings is 2. The SMILES string of the molecule is COC(=O)C12CCC(NC(=O)c3c(C)c(-c4ccccc4F)nc4ccc(Br)cc34)(CC1)CC2. The van der Waals surface area contributed by atoms with Crippen LogP contribution in [0, 0.1) is 18.2 Å². The summed E-state index contributed by atoms with van der Waals surface area (Å²) in [6.07, 6.45) is 4.34. The summed E-state index contributed by atoms with van der Waals surface area (Å²) in [5, 5.41) is 4.05. The van der Waals surface area contributed by atoms with E-state index in [0.29, 0.717) is 47.2 Å². The van der Waals surface area contributed by atoms with Gasteiger partial charge in [0.05, 0.1) is 29.3 Å². The number of methoxy groups -OCH3 is 1. The first-order valence-electron chi connectivity index (χ1n) is 11.5. The molecule has 1 heterocycles. The number of pyridine rings is 1. The highest BCUT2D eigenvalue weighted by Gasteiger charge is 2.53. The molecule has 2 aromatic carbocycles. The smallest absolute Gasteiger partial charge is 0.311 e. The summed E-state index contributed by atoms with van der Waals surface area (Å²) in [5.74, 6) is -0.700. The molecule has 7 heteroatoms. The number of amides is 1. The Labute approximate surface area is 206 Å². The van der Waals surface area contributed by atoms with Crippen molar-refractivity contribution >= 4 is 38.7 Å². The maximum Gasteiger partial charge on any atom is 0.311 e. The van der Waals surface area contributed by atoms with Crippen LogP contribution >= 0.6 is 15.9 Å². The number of hydrogen-bond acceptors (Lipinski definition) is 4. The van der Waals surface area contributed by atoms with E-state index in [9.17, 15) is 14.0 Å². The Morgan fingerprint density at radius 3 is 2.38 bits per heavy atom. The Morgan fingerprint density at radius 2 is 1.74 bits per heavy atom. The third kappa shape index (κ3) is 3.70. The number of hydrogen-bond donors (Lipinski definition) is 1. The van der Waals surface area contributed by atoms with Crippen LogP contribution in [0.4, 0.5) is 4.39 Å². The Bertz CT molecular complexity index is 1300. The van der Waals surface area contributed by atoms with Gasteiger partial charge in [0.1, 0.15) is 5.82 Å². The van der Waals surface area contributed by atoms with Gasteiger partial charge in [0, 0.05) is 21.0 Å². The van der Waals surface area contributed by atoms with Crippen molar-refractivity contribution in [3.63, 3.8) is 0 Å². The number of rotatable bonds is 4. The first kappa shape index (κ1) is 23.0. The van der Waals surface area contributed by atoms with E-state index in [2.05, 4.69) is 21.2 Å². The molecule has 0 spiro atoms. The molecule has 3 aliphatic carbocycles. The molecule has 1 N–H and O–H groups in total. The first-order valence-corrected chi connectivity index (χ1v) is 12.3. The molecule has 0 saturated heterocycles. The van der Waals surface area contributed by atoms with Gasteiger partial charge in [-0.3, -0.25) is 9.59 Å². The summed E-state index contributed by atoms with van der Waals surface area (Å²) in [4.78, 5) is 30.9. The summed E-state index contributed by atoms with van der Waals surface area (Å²) in [7, 11) is 1.44. The highest BCUT2D eigenvalue weighted by molar-refractivity contribution is 9.10. The van der Waals surface area contributed by atoms with E-state index in [-0.39, 0.29) is 23.2 Å². The molecule has 1 amide bonds. The van der Waals surface area contributed by atoms with Gasteiger partial charge in [-0.25, -0.2) is 9.37 Å². The zero-order valence-electron chi connectivity index (χ0n) is 19.2. The second kappa shape index (κ2) is 8.45. The zero-order chi connectivity index (χ0) is 24.1. The highest BCUT2D eigenvalue weighted by Crippen LogP contribution is 2.53. The van der Waals surface area contributed by atoms with E-state index in [1.807, 2.05) is 25.1 Å². The quantitative estimate of drug-likeness (QED) is 0.418. The molecule has 34 heavy (non-hydrogen) atoms. The van der Waals surface area contributed by atoms with Crippen LogP contribution in [0.1, 0.15) is 54.4 Å². The molecule has 2 bridgehead atoms. The van der Waals surface area contributed by atoms with Gasteiger partial charge < -0.3 is 10.1 Å². The molecule has 0 unspecified atom stereocenters. The first-order chi connectivity index (χ1) is 16.3. The largest absolute Gasteiger partial charge is 0.469 e. The number of fused-ring (bicyclic) bond motifs is 4. The minimum atomic E-state index is -0.413. The number of esters is 1.